The van der Waals surface area contributed by atoms with Gasteiger partial charge in [0.1, 0.15) is 6.10 Å². The van der Waals surface area contributed by atoms with Gasteiger partial charge in [0.25, 0.3) is 0 Å². The quantitative estimate of drug-likeness (QED) is 0.0323. The summed E-state index contributed by atoms with van der Waals surface area (Å²) in [5, 5.41) is 23.7. The first-order valence-electron chi connectivity index (χ1n) is 25.2. The maximum atomic E-state index is 13.2. The van der Waals surface area contributed by atoms with Crippen molar-refractivity contribution in [3.63, 3.8) is 0 Å². The van der Waals surface area contributed by atoms with E-state index in [1.807, 2.05) is 60.8 Å². The summed E-state index contributed by atoms with van der Waals surface area (Å²) in [6.45, 7) is 6.31. The summed E-state index contributed by atoms with van der Waals surface area (Å²) in [6, 6.07) is -0.726. The van der Waals surface area contributed by atoms with Gasteiger partial charge in [0.05, 0.1) is 25.2 Å². The molecule has 0 aromatic heterocycles. The van der Waals surface area contributed by atoms with Gasteiger partial charge in [-0.05, 0) is 38.5 Å². The van der Waals surface area contributed by atoms with Crippen molar-refractivity contribution in [3.05, 3.63) is 72.9 Å². The minimum Gasteiger partial charge on any atom is -0.462 e. The van der Waals surface area contributed by atoms with E-state index < -0.39 is 18.2 Å². The molecule has 0 aliphatic carbocycles. The topological polar surface area (TPSA) is 95.9 Å². The van der Waals surface area contributed by atoms with Crippen LogP contribution in [0.25, 0.3) is 0 Å². The van der Waals surface area contributed by atoms with E-state index in [4.69, 9.17) is 4.74 Å². The first kappa shape index (κ1) is 57.3. The van der Waals surface area contributed by atoms with Crippen molar-refractivity contribution in [2.24, 2.45) is 0 Å². The fourth-order valence-corrected chi connectivity index (χ4v) is 7.41. The molecule has 0 aromatic carbocycles. The van der Waals surface area contributed by atoms with E-state index in [9.17, 15) is 19.8 Å². The van der Waals surface area contributed by atoms with Gasteiger partial charge in [0.2, 0.25) is 5.91 Å². The number of hydrogen-bond donors (Lipinski definition) is 3. The predicted molar refractivity (Wildman–Crippen MR) is 259 cm³/mol. The lowest BCUT2D eigenvalue weighted by Gasteiger charge is -2.24. The highest BCUT2D eigenvalue weighted by Gasteiger charge is 2.24. The van der Waals surface area contributed by atoms with Crippen LogP contribution in [0, 0.1) is 0 Å². The van der Waals surface area contributed by atoms with Gasteiger partial charge < -0.3 is 20.3 Å². The number of carbonyl (C=O) groups excluding carboxylic acids is 2. The first-order valence-corrected chi connectivity index (χ1v) is 25.2. The molecule has 0 saturated heterocycles. The summed E-state index contributed by atoms with van der Waals surface area (Å²) in [7, 11) is 0. The van der Waals surface area contributed by atoms with E-state index in [2.05, 4.69) is 38.2 Å². The molecule has 0 spiro atoms. The number of aliphatic hydroxyl groups excluding tert-OH is 2. The van der Waals surface area contributed by atoms with Crippen LogP contribution in [0.3, 0.4) is 0 Å². The Labute approximate surface area is 371 Å². The van der Waals surface area contributed by atoms with E-state index in [1.54, 1.807) is 0 Å². The van der Waals surface area contributed by atoms with Gasteiger partial charge in [-0.3, -0.25) is 9.59 Å². The Morgan fingerprint density at radius 1 is 0.500 bits per heavy atom. The molecule has 0 bridgehead atoms. The summed E-state index contributed by atoms with van der Waals surface area (Å²) in [6.07, 6.45) is 59.7. The highest BCUT2D eigenvalue weighted by Crippen LogP contribution is 2.17. The number of carbonyl (C=O) groups is 2. The number of unbranched alkanes of at least 4 members (excludes halogenated alkanes) is 25. The molecule has 346 valence electrons. The van der Waals surface area contributed by atoms with Crippen LogP contribution in [0.15, 0.2) is 72.9 Å². The zero-order valence-electron chi connectivity index (χ0n) is 39.3. The third kappa shape index (κ3) is 42.0. The van der Waals surface area contributed by atoms with Crippen LogP contribution < -0.4 is 5.32 Å². The molecular formula is C54H95NO5. The predicted octanol–water partition coefficient (Wildman–Crippen LogP) is 15.0. The normalized spacial score (nSPS) is 13.9. The van der Waals surface area contributed by atoms with Crippen LogP contribution in [-0.4, -0.2) is 46.9 Å². The average molecular weight is 838 g/mol. The molecule has 0 fully saturated rings. The molecule has 60 heavy (non-hydrogen) atoms. The maximum absolute atomic E-state index is 13.2. The molecule has 6 nitrogen and oxygen atoms in total. The van der Waals surface area contributed by atoms with Crippen molar-refractivity contribution in [2.75, 3.05) is 6.61 Å². The van der Waals surface area contributed by atoms with Crippen LogP contribution in [-0.2, 0) is 14.3 Å². The number of hydrogen-bond acceptors (Lipinski definition) is 5. The number of rotatable bonds is 44. The Morgan fingerprint density at radius 2 is 0.900 bits per heavy atom. The van der Waals surface area contributed by atoms with Crippen LogP contribution in [0.5, 0.6) is 0 Å². The SMILES string of the molecule is CC\C=C/C=C/C=C/C=C\C=C\C=C\CCCC(CC(=O)NC(CO)C(O)CCCCCCCCCCCCCCCCCC)OC(=O)CCCCCCCCCCCC. The lowest BCUT2D eigenvalue weighted by atomic mass is 10.0. The van der Waals surface area contributed by atoms with Crippen LogP contribution >= 0.6 is 0 Å². The number of aliphatic hydroxyl groups is 2. The highest BCUT2D eigenvalue weighted by molar-refractivity contribution is 5.77. The third-order valence-corrected chi connectivity index (χ3v) is 11.2. The minimum absolute atomic E-state index is 0.0258. The molecule has 0 radical (unpaired) electrons. The van der Waals surface area contributed by atoms with E-state index in [1.165, 1.54) is 128 Å². The van der Waals surface area contributed by atoms with Gasteiger partial charge >= 0.3 is 5.97 Å². The van der Waals surface area contributed by atoms with Gasteiger partial charge in [-0.15, -0.1) is 0 Å². The molecule has 0 rings (SSSR count). The van der Waals surface area contributed by atoms with Gasteiger partial charge in [0.15, 0.2) is 0 Å². The van der Waals surface area contributed by atoms with Crippen molar-refractivity contribution >= 4 is 11.9 Å². The lowest BCUT2D eigenvalue weighted by Crippen LogP contribution is -2.46. The molecule has 0 saturated carbocycles. The summed E-state index contributed by atoms with van der Waals surface area (Å²) >= 11 is 0. The van der Waals surface area contributed by atoms with Gasteiger partial charge in [-0.2, -0.15) is 0 Å². The molecule has 0 heterocycles. The second kappa shape index (κ2) is 47.4. The molecular weight excluding hydrogens is 743 g/mol. The Hall–Kier alpha value is -2.70. The monoisotopic (exact) mass is 838 g/mol. The average Bonchev–Trinajstić information content (AvgIpc) is 3.24. The highest BCUT2D eigenvalue weighted by atomic mass is 16.5. The minimum atomic E-state index is -0.809. The fraction of sp³-hybridized carbons (Fsp3) is 0.741. The second-order valence-electron chi connectivity index (χ2n) is 17.0. The molecule has 1 amide bonds. The van der Waals surface area contributed by atoms with Gasteiger partial charge in [0, 0.05) is 6.42 Å². The van der Waals surface area contributed by atoms with Crippen molar-refractivity contribution < 1.29 is 24.5 Å². The molecule has 3 atom stereocenters. The number of amides is 1. The molecule has 3 N–H and O–H groups in total. The van der Waals surface area contributed by atoms with E-state index in [0.717, 1.165) is 57.8 Å². The number of allylic oxidation sites excluding steroid dienone is 12. The summed E-state index contributed by atoms with van der Waals surface area (Å²) in [4.78, 5) is 26.0. The van der Waals surface area contributed by atoms with Gasteiger partial charge in [-0.1, -0.05) is 254 Å². The Bertz CT molecular complexity index is 1120. The maximum Gasteiger partial charge on any atom is 0.306 e. The van der Waals surface area contributed by atoms with Crippen LogP contribution in [0.4, 0.5) is 0 Å². The van der Waals surface area contributed by atoms with Crippen molar-refractivity contribution in [1.29, 1.82) is 0 Å². The van der Waals surface area contributed by atoms with E-state index in [-0.39, 0.29) is 24.9 Å². The third-order valence-electron chi connectivity index (χ3n) is 11.2. The standard InChI is InChI=1S/C54H95NO5/c1-4-7-10-13-16-19-22-24-26-28-30-32-34-37-40-43-46-52(57)51(49-56)55-53(58)48-50(60-54(59)47-44-41-38-35-21-18-15-12-9-6-3)45-42-39-36-33-31-29-27-25-23-20-17-14-11-8-5-2/h8,11,14,17,20,23,25,27,29,31,33,36,50-52,56-57H,4-7,9-10,12-13,15-16,18-19,21-22,24,26,28,30,32,34-35,37-49H2,1-3H3,(H,55,58)/b11-8-,17-14+,23-20+,27-25-,31-29+,36-33+. The zero-order chi connectivity index (χ0) is 43.8. The Balaban J connectivity index is 4.66. The molecule has 0 aliphatic rings. The van der Waals surface area contributed by atoms with Crippen molar-refractivity contribution in [3.8, 4) is 0 Å². The van der Waals surface area contributed by atoms with Gasteiger partial charge in [-0.25, -0.2) is 0 Å². The zero-order valence-corrected chi connectivity index (χ0v) is 39.3. The Kier molecular flexibility index (Phi) is 45.2. The van der Waals surface area contributed by atoms with Crippen molar-refractivity contribution in [2.45, 2.75) is 251 Å². The van der Waals surface area contributed by atoms with Crippen molar-refractivity contribution in [1.82, 2.24) is 5.32 Å². The second-order valence-corrected chi connectivity index (χ2v) is 17.0. The van der Waals surface area contributed by atoms with E-state index in [0.29, 0.717) is 19.3 Å². The first-order chi connectivity index (χ1) is 29.5. The summed E-state index contributed by atoms with van der Waals surface area (Å²) in [5.41, 5.74) is 0. The molecule has 6 heteroatoms. The number of ether oxygens (including phenoxy) is 1. The fourth-order valence-electron chi connectivity index (χ4n) is 7.41. The smallest absolute Gasteiger partial charge is 0.306 e. The number of esters is 1. The van der Waals surface area contributed by atoms with Crippen LogP contribution in [0.2, 0.25) is 0 Å². The number of nitrogens with one attached hydrogen (secondary N) is 1. The molecule has 0 aliphatic heterocycles. The largest absolute Gasteiger partial charge is 0.462 e. The molecule has 3 unspecified atom stereocenters. The lowest BCUT2D eigenvalue weighted by molar-refractivity contribution is -0.151. The molecule has 0 aromatic rings. The Morgan fingerprint density at radius 3 is 1.33 bits per heavy atom. The summed E-state index contributed by atoms with van der Waals surface area (Å²) in [5.74, 6) is -0.550. The van der Waals surface area contributed by atoms with Crippen LogP contribution in [0.1, 0.15) is 233 Å². The van der Waals surface area contributed by atoms with E-state index >= 15 is 0 Å². The summed E-state index contributed by atoms with van der Waals surface area (Å²) < 4.78 is 5.88.